The van der Waals surface area contributed by atoms with Gasteiger partial charge in [0.05, 0.1) is 13.1 Å². The molecule has 0 spiro atoms. The maximum atomic E-state index is 5.87. The fraction of sp³-hybridized carbons (Fsp3) is 0.733. The largest absolute Gasteiger partial charge is 0.463 e. The van der Waals surface area contributed by atoms with Crippen molar-refractivity contribution in [1.82, 2.24) is 10.2 Å². The third kappa shape index (κ3) is 3.59. The van der Waals surface area contributed by atoms with E-state index >= 15 is 0 Å². The number of nitrogens with zero attached hydrogens (tertiary/aromatic N) is 1. The van der Waals surface area contributed by atoms with Gasteiger partial charge in [0.2, 0.25) is 0 Å². The van der Waals surface area contributed by atoms with E-state index in [2.05, 4.69) is 36.2 Å². The molecule has 1 aliphatic rings. The zero-order valence-corrected chi connectivity index (χ0v) is 11.7. The number of hydrogen-bond acceptors (Lipinski definition) is 3. The summed E-state index contributed by atoms with van der Waals surface area (Å²) in [6, 6.07) is 5.00. The van der Waals surface area contributed by atoms with Crippen LogP contribution in [0.4, 0.5) is 0 Å². The minimum absolute atomic E-state index is 0.775. The predicted octanol–water partition coefficient (Wildman–Crippen LogP) is 3.15. The smallest absolute Gasteiger partial charge is 0.118 e. The van der Waals surface area contributed by atoms with Gasteiger partial charge >= 0.3 is 0 Å². The standard InChI is InChI=1S/C15H26N2O/c1-3-16-11-14-9-10-15(18-14)12-17(4-2)13-7-5-6-8-13/h9-10,13,16H,3-8,11-12H2,1-2H3. The third-order valence-electron chi connectivity index (χ3n) is 3.87. The fourth-order valence-corrected chi connectivity index (χ4v) is 2.82. The molecule has 2 rings (SSSR count). The number of furan rings is 1. The summed E-state index contributed by atoms with van der Waals surface area (Å²) in [5.41, 5.74) is 0. The van der Waals surface area contributed by atoms with Crippen LogP contribution in [0.2, 0.25) is 0 Å². The molecule has 0 unspecified atom stereocenters. The summed E-state index contributed by atoms with van der Waals surface area (Å²) in [5, 5.41) is 3.29. The highest BCUT2D eigenvalue weighted by Crippen LogP contribution is 2.25. The van der Waals surface area contributed by atoms with Crippen LogP contribution in [0.15, 0.2) is 16.5 Å². The number of nitrogens with one attached hydrogen (secondary N) is 1. The van der Waals surface area contributed by atoms with Crippen molar-refractivity contribution in [3.8, 4) is 0 Å². The summed E-state index contributed by atoms with van der Waals surface area (Å²) >= 11 is 0. The molecule has 1 aromatic heterocycles. The maximum Gasteiger partial charge on any atom is 0.118 e. The van der Waals surface area contributed by atoms with Gasteiger partial charge in [0.15, 0.2) is 0 Å². The van der Waals surface area contributed by atoms with Crippen molar-refractivity contribution in [3.05, 3.63) is 23.7 Å². The second kappa shape index (κ2) is 6.95. The molecule has 0 aromatic carbocycles. The Labute approximate surface area is 111 Å². The first-order valence-corrected chi connectivity index (χ1v) is 7.35. The lowest BCUT2D eigenvalue weighted by atomic mass is 10.2. The molecule has 1 fully saturated rings. The molecular formula is C15H26N2O. The molecule has 1 aliphatic carbocycles. The summed E-state index contributed by atoms with van der Waals surface area (Å²) in [6.07, 6.45) is 5.51. The Balaban J connectivity index is 1.88. The van der Waals surface area contributed by atoms with Gasteiger partial charge in [-0.2, -0.15) is 0 Å². The van der Waals surface area contributed by atoms with Gasteiger partial charge in [-0.25, -0.2) is 0 Å². The van der Waals surface area contributed by atoms with Crippen LogP contribution in [0.5, 0.6) is 0 Å². The second-order valence-electron chi connectivity index (χ2n) is 5.15. The van der Waals surface area contributed by atoms with Crippen molar-refractivity contribution in [3.63, 3.8) is 0 Å². The van der Waals surface area contributed by atoms with Gasteiger partial charge in [-0.1, -0.05) is 26.7 Å². The first kappa shape index (κ1) is 13.6. The van der Waals surface area contributed by atoms with Crippen LogP contribution in [0.3, 0.4) is 0 Å². The van der Waals surface area contributed by atoms with Crippen molar-refractivity contribution in [2.75, 3.05) is 13.1 Å². The van der Waals surface area contributed by atoms with Crippen LogP contribution in [-0.2, 0) is 13.1 Å². The lowest BCUT2D eigenvalue weighted by Gasteiger charge is -2.26. The van der Waals surface area contributed by atoms with Gasteiger partial charge in [-0.05, 0) is 38.1 Å². The van der Waals surface area contributed by atoms with E-state index in [9.17, 15) is 0 Å². The predicted molar refractivity (Wildman–Crippen MR) is 74.4 cm³/mol. The third-order valence-corrected chi connectivity index (χ3v) is 3.87. The molecular weight excluding hydrogens is 224 g/mol. The van der Waals surface area contributed by atoms with Crippen molar-refractivity contribution < 1.29 is 4.42 Å². The Morgan fingerprint density at radius 2 is 1.94 bits per heavy atom. The average molecular weight is 250 g/mol. The van der Waals surface area contributed by atoms with Crippen LogP contribution in [0.25, 0.3) is 0 Å². The Hall–Kier alpha value is -0.800. The van der Waals surface area contributed by atoms with E-state index in [0.717, 1.165) is 43.7 Å². The van der Waals surface area contributed by atoms with E-state index in [1.54, 1.807) is 0 Å². The second-order valence-corrected chi connectivity index (χ2v) is 5.15. The highest BCUT2D eigenvalue weighted by molar-refractivity contribution is 5.07. The molecule has 0 amide bonds. The lowest BCUT2D eigenvalue weighted by molar-refractivity contribution is 0.184. The van der Waals surface area contributed by atoms with Crippen LogP contribution in [0.1, 0.15) is 51.1 Å². The van der Waals surface area contributed by atoms with Gasteiger partial charge in [-0.15, -0.1) is 0 Å². The van der Waals surface area contributed by atoms with Crippen LogP contribution in [-0.4, -0.2) is 24.0 Å². The molecule has 3 heteroatoms. The van der Waals surface area contributed by atoms with E-state index in [-0.39, 0.29) is 0 Å². The normalized spacial score (nSPS) is 16.8. The van der Waals surface area contributed by atoms with Gasteiger partial charge in [0, 0.05) is 6.04 Å². The fourth-order valence-electron chi connectivity index (χ4n) is 2.82. The Morgan fingerprint density at radius 1 is 1.22 bits per heavy atom. The first-order valence-electron chi connectivity index (χ1n) is 7.35. The van der Waals surface area contributed by atoms with Crippen molar-refractivity contribution in [1.29, 1.82) is 0 Å². The minimum Gasteiger partial charge on any atom is -0.463 e. The van der Waals surface area contributed by atoms with Gasteiger partial charge < -0.3 is 9.73 Å². The maximum absolute atomic E-state index is 5.87. The summed E-state index contributed by atoms with van der Waals surface area (Å²) in [7, 11) is 0. The molecule has 102 valence electrons. The average Bonchev–Trinajstić information content (AvgIpc) is 3.04. The van der Waals surface area contributed by atoms with E-state index < -0.39 is 0 Å². The molecule has 0 atom stereocenters. The van der Waals surface area contributed by atoms with E-state index in [0.29, 0.717) is 0 Å². The minimum atomic E-state index is 0.775. The molecule has 0 saturated heterocycles. The zero-order chi connectivity index (χ0) is 12.8. The Bertz CT molecular complexity index is 342. The Morgan fingerprint density at radius 3 is 2.61 bits per heavy atom. The van der Waals surface area contributed by atoms with Gasteiger partial charge in [0.25, 0.3) is 0 Å². The summed E-state index contributed by atoms with van der Waals surface area (Å²) < 4.78 is 5.87. The van der Waals surface area contributed by atoms with Crippen LogP contribution < -0.4 is 5.32 Å². The molecule has 0 aliphatic heterocycles. The molecule has 1 N–H and O–H groups in total. The molecule has 0 bridgehead atoms. The van der Waals surface area contributed by atoms with E-state index in [4.69, 9.17) is 4.42 Å². The highest BCUT2D eigenvalue weighted by Gasteiger charge is 2.22. The SMILES string of the molecule is CCNCc1ccc(CN(CC)C2CCCC2)o1. The molecule has 1 aromatic rings. The van der Waals surface area contributed by atoms with Crippen molar-refractivity contribution >= 4 is 0 Å². The zero-order valence-electron chi connectivity index (χ0n) is 11.7. The van der Waals surface area contributed by atoms with Crippen molar-refractivity contribution in [2.24, 2.45) is 0 Å². The molecule has 18 heavy (non-hydrogen) atoms. The summed E-state index contributed by atoms with van der Waals surface area (Å²) in [4.78, 5) is 2.56. The van der Waals surface area contributed by atoms with Crippen LogP contribution in [0, 0.1) is 0 Å². The van der Waals surface area contributed by atoms with E-state index in [1.807, 2.05) is 0 Å². The van der Waals surface area contributed by atoms with Gasteiger partial charge in [0.1, 0.15) is 11.5 Å². The molecule has 1 heterocycles. The first-order chi connectivity index (χ1) is 8.83. The highest BCUT2D eigenvalue weighted by atomic mass is 16.3. The van der Waals surface area contributed by atoms with Gasteiger partial charge in [-0.3, -0.25) is 4.90 Å². The molecule has 3 nitrogen and oxygen atoms in total. The molecule has 1 saturated carbocycles. The quantitative estimate of drug-likeness (QED) is 0.806. The topological polar surface area (TPSA) is 28.4 Å². The monoisotopic (exact) mass is 250 g/mol. The van der Waals surface area contributed by atoms with Crippen LogP contribution >= 0.6 is 0 Å². The molecule has 0 radical (unpaired) electrons. The lowest BCUT2D eigenvalue weighted by Crippen LogP contribution is -2.32. The Kier molecular flexibility index (Phi) is 5.26. The number of rotatable bonds is 7. The summed E-state index contributed by atoms with van der Waals surface area (Å²) in [6.45, 7) is 8.27. The van der Waals surface area contributed by atoms with E-state index in [1.165, 1.54) is 25.7 Å². The van der Waals surface area contributed by atoms with Crippen molar-refractivity contribution in [2.45, 2.75) is 58.7 Å². The summed E-state index contributed by atoms with van der Waals surface area (Å²) in [5.74, 6) is 2.16. The number of hydrogen-bond donors (Lipinski definition) is 1.